The number of anilines is 1. The Morgan fingerprint density at radius 3 is 2.61 bits per heavy atom. The molecule has 1 saturated heterocycles. The second-order valence-electron chi connectivity index (χ2n) is 8.19. The number of ether oxygens (including phenoxy) is 3. The van der Waals surface area contributed by atoms with Gasteiger partial charge in [0.2, 0.25) is 5.88 Å². The Kier molecular flexibility index (Phi) is 8.51. The number of aromatic nitrogens is 1. The summed E-state index contributed by atoms with van der Waals surface area (Å²) < 4.78 is 30.5. The molecule has 4 rings (SSSR count). The Morgan fingerprint density at radius 2 is 1.92 bits per heavy atom. The molecule has 2 heterocycles. The molecule has 1 atom stereocenters. The van der Waals surface area contributed by atoms with Crippen molar-refractivity contribution in [1.82, 2.24) is 10.3 Å². The fourth-order valence-corrected chi connectivity index (χ4v) is 4.60. The molecule has 0 unspecified atom stereocenters. The van der Waals surface area contributed by atoms with Gasteiger partial charge in [-0.05, 0) is 42.8 Å². The highest BCUT2D eigenvalue weighted by Gasteiger charge is 2.21. The van der Waals surface area contributed by atoms with Gasteiger partial charge in [0.1, 0.15) is 23.2 Å². The summed E-state index contributed by atoms with van der Waals surface area (Å²) >= 11 is 12.3. The standard InChI is InChI=1S/C26H26Cl2FN3O4/c1-16(23-21(27)7-8-22(29)24(23)28)36-19-13-20(26(34-2)31-15-19)25(33)30-14-17-3-5-18(6-4-17)32-9-11-35-12-10-32/h3-8,13,15-16H,9-12,14H2,1-2H3,(H,30,33)/t16-/m1/s1. The SMILES string of the molecule is COc1ncc(O[C@H](C)c2c(Cl)ccc(F)c2Cl)cc1C(=O)NCc1ccc(N2CCOCC2)cc1. The lowest BCUT2D eigenvalue weighted by molar-refractivity contribution is 0.0946. The van der Waals surface area contributed by atoms with Gasteiger partial charge in [-0.1, -0.05) is 35.3 Å². The third-order valence-electron chi connectivity index (χ3n) is 5.83. The summed E-state index contributed by atoms with van der Waals surface area (Å²) in [6.45, 7) is 5.16. The lowest BCUT2D eigenvalue weighted by atomic mass is 10.1. The van der Waals surface area contributed by atoms with E-state index in [0.717, 1.165) is 37.6 Å². The number of pyridine rings is 1. The molecule has 36 heavy (non-hydrogen) atoms. The molecule has 190 valence electrons. The molecule has 1 aliphatic heterocycles. The van der Waals surface area contributed by atoms with Crippen molar-refractivity contribution in [3.05, 3.63) is 81.2 Å². The molecule has 10 heteroatoms. The van der Waals surface area contributed by atoms with Crippen LogP contribution in [0.15, 0.2) is 48.7 Å². The van der Waals surface area contributed by atoms with Gasteiger partial charge in [0, 0.05) is 35.9 Å². The summed E-state index contributed by atoms with van der Waals surface area (Å²) in [6, 6.07) is 12.1. The predicted molar refractivity (Wildman–Crippen MR) is 137 cm³/mol. The van der Waals surface area contributed by atoms with Crippen LogP contribution in [0.25, 0.3) is 0 Å². The molecule has 0 saturated carbocycles. The smallest absolute Gasteiger partial charge is 0.257 e. The number of nitrogens with one attached hydrogen (secondary N) is 1. The quantitative estimate of drug-likeness (QED) is 0.388. The molecule has 2 aromatic carbocycles. The summed E-state index contributed by atoms with van der Waals surface area (Å²) in [7, 11) is 1.43. The lowest BCUT2D eigenvalue weighted by Crippen LogP contribution is -2.36. The van der Waals surface area contributed by atoms with Gasteiger partial charge in [0.05, 0.1) is 31.5 Å². The van der Waals surface area contributed by atoms with E-state index in [9.17, 15) is 9.18 Å². The van der Waals surface area contributed by atoms with Crippen molar-refractivity contribution < 1.29 is 23.4 Å². The van der Waals surface area contributed by atoms with Crippen molar-refractivity contribution in [2.24, 2.45) is 0 Å². The first-order chi connectivity index (χ1) is 17.4. The number of carbonyl (C=O) groups is 1. The maximum atomic E-state index is 13.9. The number of carbonyl (C=O) groups excluding carboxylic acids is 1. The van der Waals surface area contributed by atoms with Gasteiger partial charge >= 0.3 is 0 Å². The molecule has 1 amide bonds. The van der Waals surface area contributed by atoms with E-state index in [1.165, 1.54) is 31.5 Å². The maximum Gasteiger partial charge on any atom is 0.257 e. The molecular formula is C26H26Cl2FN3O4. The van der Waals surface area contributed by atoms with Crippen molar-refractivity contribution in [3.63, 3.8) is 0 Å². The summed E-state index contributed by atoms with van der Waals surface area (Å²) in [6.07, 6.45) is 0.717. The van der Waals surface area contributed by atoms with Crippen LogP contribution in [0.2, 0.25) is 10.0 Å². The van der Waals surface area contributed by atoms with E-state index in [1.807, 2.05) is 24.3 Å². The second-order valence-corrected chi connectivity index (χ2v) is 8.98. The largest absolute Gasteiger partial charge is 0.484 e. The zero-order chi connectivity index (χ0) is 25.7. The van der Waals surface area contributed by atoms with Crippen LogP contribution in [0.3, 0.4) is 0 Å². The Hall–Kier alpha value is -3.07. The fourth-order valence-electron chi connectivity index (χ4n) is 3.93. The van der Waals surface area contributed by atoms with Crippen molar-refractivity contribution in [3.8, 4) is 11.6 Å². The van der Waals surface area contributed by atoms with Crippen molar-refractivity contribution >= 4 is 34.8 Å². The number of methoxy groups -OCH3 is 1. The zero-order valence-corrected chi connectivity index (χ0v) is 21.4. The third kappa shape index (κ3) is 6.00. The topological polar surface area (TPSA) is 72.9 Å². The minimum absolute atomic E-state index is 0.117. The molecular weight excluding hydrogens is 508 g/mol. The molecule has 1 fully saturated rings. The van der Waals surface area contributed by atoms with Gasteiger partial charge < -0.3 is 24.4 Å². The first-order valence-electron chi connectivity index (χ1n) is 11.4. The van der Waals surface area contributed by atoms with Crippen LogP contribution in [0.5, 0.6) is 11.6 Å². The molecule has 7 nitrogen and oxygen atoms in total. The van der Waals surface area contributed by atoms with E-state index in [4.69, 9.17) is 37.4 Å². The maximum absolute atomic E-state index is 13.9. The molecule has 1 aromatic heterocycles. The Balaban J connectivity index is 1.44. The minimum Gasteiger partial charge on any atom is -0.484 e. The molecule has 3 aromatic rings. The van der Waals surface area contributed by atoms with Gasteiger partial charge in [0.25, 0.3) is 5.91 Å². The zero-order valence-electron chi connectivity index (χ0n) is 19.9. The van der Waals surface area contributed by atoms with E-state index < -0.39 is 11.9 Å². The first kappa shape index (κ1) is 26.0. The molecule has 0 spiro atoms. The summed E-state index contributed by atoms with van der Waals surface area (Å²) in [5.41, 5.74) is 2.57. The van der Waals surface area contributed by atoms with Crippen LogP contribution in [-0.4, -0.2) is 44.3 Å². The Bertz CT molecular complexity index is 1220. The fraction of sp³-hybridized carbons (Fsp3) is 0.308. The summed E-state index contributed by atoms with van der Waals surface area (Å²) in [4.78, 5) is 19.4. The number of hydrogen-bond donors (Lipinski definition) is 1. The third-order valence-corrected chi connectivity index (χ3v) is 6.54. The number of nitrogens with zero attached hydrogens (tertiary/aromatic N) is 2. The van der Waals surface area contributed by atoms with E-state index in [-0.39, 0.29) is 33.1 Å². The highest BCUT2D eigenvalue weighted by Crippen LogP contribution is 2.35. The first-order valence-corrected chi connectivity index (χ1v) is 12.2. The van der Waals surface area contributed by atoms with Crippen molar-refractivity contribution in [2.45, 2.75) is 19.6 Å². The molecule has 0 aliphatic carbocycles. The predicted octanol–water partition coefficient (Wildman–Crippen LogP) is 5.44. The van der Waals surface area contributed by atoms with E-state index in [1.54, 1.807) is 6.92 Å². The van der Waals surface area contributed by atoms with Crippen LogP contribution >= 0.6 is 23.2 Å². The number of rotatable bonds is 8. The number of morpholine rings is 1. The van der Waals surface area contributed by atoms with Crippen LogP contribution in [0.4, 0.5) is 10.1 Å². The summed E-state index contributed by atoms with van der Waals surface area (Å²) in [5.74, 6) is -0.550. The molecule has 0 radical (unpaired) electrons. The van der Waals surface area contributed by atoms with Gasteiger partial charge in [-0.15, -0.1) is 0 Å². The van der Waals surface area contributed by atoms with Crippen LogP contribution < -0.4 is 19.7 Å². The second kappa shape index (κ2) is 11.8. The monoisotopic (exact) mass is 533 g/mol. The van der Waals surface area contributed by atoms with Crippen LogP contribution in [-0.2, 0) is 11.3 Å². The van der Waals surface area contributed by atoms with Crippen molar-refractivity contribution in [1.29, 1.82) is 0 Å². The minimum atomic E-state index is -0.697. The van der Waals surface area contributed by atoms with E-state index in [0.29, 0.717) is 12.1 Å². The Morgan fingerprint density at radius 1 is 1.19 bits per heavy atom. The van der Waals surface area contributed by atoms with Gasteiger partial charge in [0.15, 0.2) is 0 Å². The number of hydrogen-bond acceptors (Lipinski definition) is 6. The van der Waals surface area contributed by atoms with Gasteiger partial charge in [-0.25, -0.2) is 9.37 Å². The molecule has 1 aliphatic rings. The Labute approximate surface area is 219 Å². The lowest BCUT2D eigenvalue weighted by Gasteiger charge is -2.28. The van der Waals surface area contributed by atoms with E-state index >= 15 is 0 Å². The highest BCUT2D eigenvalue weighted by atomic mass is 35.5. The van der Waals surface area contributed by atoms with Crippen LogP contribution in [0.1, 0.15) is 34.5 Å². The van der Waals surface area contributed by atoms with Gasteiger partial charge in [-0.2, -0.15) is 0 Å². The average Bonchev–Trinajstić information content (AvgIpc) is 2.90. The number of halogens is 3. The highest BCUT2D eigenvalue weighted by molar-refractivity contribution is 6.36. The van der Waals surface area contributed by atoms with Gasteiger partial charge in [-0.3, -0.25) is 4.79 Å². The molecule has 1 N–H and O–H groups in total. The van der Waals surface area contributed by atoms with E-state index in [2.05, 4.69) is 15.2 Å². The normalized spacial score (nSPS) is 14.3. The molecule has 0 bridgehead atoms. The van der Waals surface area contributed by atoms with Crippen molar-refractivity contribution in [2.75, 3.05) is 38.3 Å². The summed E-state index contributed by atoms with van der Waals surface area (Å²) in [5, 5.41) is 3.04. The number of amides is 1. The van der Waals surface area contributed by atoms with Crippen LogP contribution in [0, 0.1) is 5.82 Å². The average molecular weight is 534 g/mol. The number of benzene rings is 2.